The lowest BCUT2D eigenvalue weighted by Crippen LogP contribution is -2.19. The zero-order valence-electron chi connectivity index (χ0n) is 22.9. The molecule has 0 saturated carbocycles. The normalized spacial score (nSPS) is 10.8. The van der Waals surface area contributed by atoms with Crippen molar-refractivity contribution in [1.29, 1.82) is 0 Å². The average molecular weight is 551 g/mol. The highest BCUT2D eigenvalue weighted by molar-refractivity contribution is 5.98. The van der Waals surface area contributed by atoms with Crippen molar-refractivity contribution in [2.45, 2.75) is 0 Å². The molecule has 0 radical (unpaired) electrons. The highest BCUT2D eigenvalue weighted by Crippen LogP contribution is 2.39. The van der Waals surface area contributed by atoms with Crippen molar-refractivity contribution in [1.82, 2.24) is 10.9 Å². The molecular weight excluding hydrogens is 520 g/mol. The first-order chi connectivity index (χ1) is 19.4. The van der Waals surface area contributed by atoms with Crippen LogP contribution in [0.25, 0.3) is 0 Å². The number of benzene rings is 3. The summed E-state index contributed by atoms with van der Waals surface area (Å²) in [6.45, 7) is 0. The van der Waals surface area contributed by atoms with Gasteiger partial charge in [0, 0.05) is 22.3 Å². The Bertz CT molecular complexity index is 1300. The lowest BCUT2D eigenvalue weighted by Gasteiger charge is -2.13. The summed E-state index contributed by atoms with van der Waals surface area (Å²) in [5.74, 6) is 1.67. The monoisotopic (exact) mass is 550 g/mol. The molecule has 12 heteroatoms. The highest BCUT2D eigenvalue weighted by atomic mass is 16.5. The van der Waals surface area contributed by atoms with E-state index in [2.05, 4.69) is 21.1 Å². The van der Waals surface area contributed by atoms with Crippen molar-refractivity contribution in [2.24, 2.45) is 10.2 Å². The maximum absolute atomic E-state index is 12.5. The Kier molecular flexibility index (Phi) is 10.3. The Morgan fingerprint density at radius 3 is 1.18 bits per heavy atom. The molecule has 210 valence electrons. The van der Waals surface area contributed by atoms with Gasteiger partial charge in [-0.05, 0) is 48.5 Å². The number of nitrogens with zero attached hydrogens (tertiary/aromatic N) is 2. The Hall–Kier alpha value is -5.26. The topological polar surface area (TPSA) is 138 Å². The molecule has 0 unspecified atom stereocenters. The summed E-state index contributed by atoms with van der Waals surface area (Å²) in [6, 6.07) is 12.8. The number of hydrazone groups is 2. The molecule has 0 aliphatic rings. The lowest BCUT2D eigenvalue weighted by molar-refractivity contribution is 0.0943. The molecule has 0 saturated heterocycles. The summed E-state index contributed by atoms with van der Waals surface area (Å²) < 4.78 is 32.0. The van der Waals surface area contributed by atoms with Gasteiger partial charge in [-0.15, -0.1) is 0 Å². The summed E-state index contributed by atoms with van der Waals surface area (Å²) in [6.07, 6.45) is 2.85. The van der Waals surface area contributed by atoms with Gasteiger partial charge >= 0.3 is 0 Å². The third-order valence-electron chi connectivity index (χ3n) is 5.62. The van der Waals surface area contributed by atoms with E-state index in [0.717, 1.165) is 0 Å². The average Bonchev–Trinajstić information content (AvgIpc) is 2.99. The molecule has 0 spiro atoms. The Labute approximate surface area is 231 Å². The first kappa shape index (κ1) is 29.3. The molecule has 0 aliphatic carbocycles. The van der Waals surface area contributed by atoms with Crippen molar-refractivity contribution < 1.29 is 38.0 Å². The van der Waals surface area contributed by atoms with Gasteiger partial charge in [-0.3, -0.25) is 9.59 Å². The van der Waals surface area contributed by atoms with Crippen LogP contribution in [-0.4, -0.2) is 66.9 Å². The molecule has 0 bridgehead atoms. The minimum Gasteiger partial charge on any atom is -0.493 e. The highest BCUT2D eigenvalue weighted by Gasteiger charge is 2.16. The molecule has 40 heavy (non-hydrogen) atoms. The van der Waals surface area contributed by atoms with Crippen LogP contribution in [0.5, 0.6) is 34.5 Å². The molecule has 2 N–H and O–H groups in total. The summed E-state index contributed by atoms with van der Waals surface area (Å²) in [4.78, 5) is 25.1. The first-order valence-corrected chi connectivity index (χ1v) is 11.8. The molecule has 0 heterocycles. The summed E-state index contributed by atoms with van der Waals surface area (Å²) in [5.41, 5.74) is 6.62. The maximum atomic E-state index is 12.5. The van der Waals surface area contributed by atoms with E-state index >= 15 is 0 Å². The largest absolute Gasteiger partial charge is 0.493 e. The Morgan fingerprint density at radius 2 is 0.875 bits per heavy atom. The lowest BCUT2D eigenvalue weighted by atomic mass is 10.1. The molecule has 3 aromatic carbocycles. The number of methoxy groups -OCH3 is 6. The van der Waals surface area contributed by atoms with Crippen molar-refractivity contribution in [3.05, 3.63) is 70.8 Å². The third kappa shape index (κ3) is 6.59. The molecule has 0 fully saturated rings. The van der Waals surface area contributed by atoms with Crippen LogP contribution in [0.15, 0.2) is 58.7 Å². The van der Waals surface area contributed by atoms with Crippen LogP contribution in [0.3, 0.4) is 0 Å². The first-order valence-electron chi connectivity index (χ1n) is 11.8. The van der Waals surface area contributed by atoms with Gasteiger partial charge < -0.3 is 28.4 Å². The van der Waals surface area contributed by atoms with Crippen LogP contribution in [-0.2, 0) is 0 Å². The molecule has 3 rings (SSSR count). The second-order valence-corrected chi connectivity index (χ2v) is 7.82. The summed E-state index contributed by atoms with van der Waals surface area (Å²) in [7, 11) is 9.01. The summed E-state index contributed by atoms with van der Waals surface area (Å²) >= 11 is 0. The van der Waals surface area contributed by atoms with Crippen LogP contribution >= 0.6 is 0 Å². The van der Waals surface area contributed by atoms with Gasteiger partial charge in [0.25, 0.3) is 11.8 Å². The fourth-order valence-electron chi connectivity index (χ4n) is 3.68. The van der Waals surface area contributed by atoms with Crippen molar-refractivity contribution in [2.75, 3.05) is 42.7 Å². The number of rotatable bonds is 12. The van der Waals surface area contributed by atoms with E-state index in [4.69, 9.17) is 28.4 Å². The van der Waals surface area contributed by atoms with E-state index in [1.54, 1.807) is 24.3 Å². The zero-order chi connectivity index (χ0) is 29.1. The fourth-order valence-corrected chi connectivity index (χ4v) is 3.68. The van der Waals surface area contributed by atoms with Gasteiger partial charge in [0.15, 0.2) is 23.0 Å². The summed E-state index contributed by atoms with van der Waals surface area (Å²) in [5, 5.41) is 7.99. The Morgan fingerprint density at radius 1 is 0.525 bits per heavy atom. The molecule has 0 aromatic heterocycles. The van der Waals surface area contributed by atoms with E-state index in [-0.39, 0.29) is 0 Å². The number of amides is 2. The van der Waals surface area contributed by atoms with Gasteiger partial charge in [0.05, 0.1) is 55.1 Å². The van der Waals surface area contributed by atoms with Crippen molar-refractivity contribution in [3.8, 4) is 34.5 Å². The van der Waals surface area contributed by atoms with Crippen LogP contribution in [0.2, 0.25) is 0 Å². The van der Waals surface area contributed by atoms with Gasteiger partial charge in [-0.25, -0.2) is 10.9 Å². The SMILES string of the molecule is COc1ccc(C=NNC(=O)c2ccc(C(=O)NN=Cc3ccc(OC)c(OC)c3OC)cc2)c(OC)c1OC. The number of hydrogen-bond donors (Lipinski definition) is 2. The molecule has 2 amide bonds. The van der Waals surface area contributed by atoms with Gasteiger partial charge in [0.2, 0.25) is 11.5 Å². The standard InChI is InChI=1S/C28H30N4O8/c1-35-21-13-11-19(23(37-3)25(21)39-5)15-29-31-27(33)17-7-9-18(10-8-17)28(34)32-30-16-20-12-14-22(36-2)26(40-6)24(20)38-4/h7-16H,1-6H3,(H,31,33)(H,32,34). The molecule has 3 aromatic rings. The molecule has 12 nitrogen and oxygen atoms in total. The van der Waals surface area contributed by atoms with Crippen LogP contribution < -0.4 is 39.3 Å². The smallest absolute Gasteiger partial charge is 0.271 e. The fraction of sp³-hybridized carbons (Fsp3) is 0.214. The Balaban J connectivity index is 1.63. The predicted octanol–water partition coefficient (Wildman–Crippen LogP) is 3.27. The quantitative estimate of drug-likeness (QED) is 0.259. The second-order valence-electron chi connectivity index (χ2n) is 7.82. The van der Waals surface area contributed by atoms with Crippen molar-refractivity contribution >= 4 is 24.2 Å². The number of carbonyl (C=O) groups excluding carboxylic acids is 2. The third-order valence-corrected chi connectivity index (χ3v) is 5.62. The van der Waals surface area contributed by atoms with E-state index < -0.39 is 11.8 Å². The van der Waals surface area contributed by atoms with Gasteiger partial charge in [0.1, 0.15) is 0 Å². The number of carbonyl (C=O) groups is 2. The molecule has 0 atom stereocenters. The van der Waals surface area contributed by atoms with Crippen LogP contribution in [0.1, 0.15) is 31.8 Å². The maximum Gasteiger partial charge on any atom is 0.271 e. The molecular formula is C28H30N4O8. The minimum absolute atomic E-state index is 0.298. The van der Waals surface area contributed by atoms with E-state index in [1.807, 2.05) is 0 Å². The van der Waals surface area contributed by atoms with Crippen LogP contribution in [0, 0.1) is 0 Å². The minimum atomic E-state index is -0.471. The van der Waals surface area contributed by atoms with Gasteiger partial charge in [-0.2, -0.15) is 10.2 Å². The predicted molar refractivity (Wildman–Crippen MR) is 149 cm³/mol. The van der Waals surface area contributed by atoms with E-state index in [0.29, 0.717) is 56.8 Å². The second kappa shape index (κ2) is 14.0. The number of nitrogens with one attached hydrogen (secondary N) is 2. The zero-order valence-corrected chi connectivity index (χ0v) is 22.9. The van der Waals surface area contributed by atoms with Crippen molar-refractivity contribution in [3.63, 3.8) is 0 Å². The van der Waals surface area contributed by atoms with E-state index in [9.17, 15) is 9.59 Å². The van der Waals surface area contributed by atoms with Gasteiger partial charge in [-0.1, -0.05) is 0 Å². The van der Waals surface area contributed by atoms with Crippen LogP contribution in [0.4, 0.5) is 0 Å². The van der Waals surface area contributed by atoms with E-state index in [1.165, 1.54) is 79.4 Å². The number of hydrogen-bond acceptors (Lipinski definition) is 10. The molecule has 0 aliphatic heterocycles. The number of ether oxygens (including phenoxy) is 6.